The maximum Gasteiger partial charge on any atom is 0.268 e. The minimum absolute atomic E-state index is 0.0132. The van der Waals surface area contributed by atoms with E-state index in [0.29, 0.717) is 17.8 Å². The first-order chi connectivity index (χ1) is 20.3. The first kappa shape index (κ1) is 27.0. The summed E-state index contributed by atoms with van der Waals surface area (Å²) >= 11 is 0. The average molecular weight is 566 g/mol. The van der Waals surface area contributed by atoms with Crippen molar-refractivity contribution in [2.45, 2.75) is 63.7 Å². The summed E-state index contributed by atoms with van der Waals surface area (Å²) in [6, 6.07) is 19.9. The predicted molar refractivity (Wildman–Crippen MR) is 161 cm³/mol. The Labute approximate surface area is 247 Å². The molecule has 4 saturated carbocycles. The monoisotopic (exact) mass is 565 g/mol. The van der Waals surface area contributed by atoms with E-state index in [2.05, 4.69) is 38.3 Å². The topological polar surface area (TPSA) is 86.7 Å². The molecule has 4 fully saturated rings. The summed E-state index contributed by atoms with van der Waals surface area (Å²) in [6.07, 6.45) is 6.47. The van der Waals surface area contributed by atoms with Crippen molar-refractivity contribution in [1.29, 1.82) is 0 Å². The van der Waals surface area contributed by atoms with Gasteiger partial charge in [0.15, 0.2) is 0 Å². The molecule has 2 aromatic carbocycles. The van der Waals surface area contributed by atoms with Crippen LogP contribution in [0.15, 0.2) is 60.7 Å². The molecule has 0 radical (unpaired) electrons. The van der Waals surface area contributed by atoms with E-state index in [0.717, 1.165) is 68.9 Å². The van der Waals surface area contributed by atoms with Crippen molar-refractivity contribution in [3.8, 4) is 0 Å². The molecule has 1 aromatic heterocycles. The van der Waals surface area contributed by atoms with E-state index in [1.807, 2.05) is 42.5 Å². The Morgan fingerprint density at radius 3 is 2.17 bits per heavy atom. The lowest BCUT2D eigenvalue weighted by Crippen LogP contribution is -2.58. The molecule has 4 aliphatic carbocycles. The minimum atomic E-state index is -0.0954. The summed E-state index contributed by atoms with van der Waals surface area (Å²) in [6.45, 7) is 2.89. The number of anilines is 1. The summed E-state index contributed by atoms with van der Waals surface area (Å²) < 4.78 is 2.22. The molecule has 0 unspecified atom stereocenters. The maximum absolute atomic E-state index is 13.3. The molecule has 0 saturated heterocycles. The van der Waals surface area contributed by atoms with Crippen molar-refractivity contribution in [3.63, 3.8) is 0 Å². The zero-order chi connectivity index (χ0) is 29.1. The fourth-order valence-corrected chi connectivity index (χ4v) is 7.45. The second-order valence-corrected chi connectivity index (χ2v) is 13.1. The van der Waals surface area contributed by atoms with Crippen LogP contribution in [0.3, 0.4) is 0 Å². The molecule has 8 heteroatoms. The van der Waals surface area contributed by atoms with Crippen LogP contribution >= 0.6 is 0 Å². The molecule has 2 bridgehead atoms. The van der Waals surface area contributed by atoms with Crippen LogP contribution in [0.1, 0.15) is 76.2 Å². The van der Waals surface area contributed by atoms with E-state index in [4.69, 9.17) is 0 Å². The zero-order valence-corrected chi connectivity index (χ0v) is 24.5. The van der Waals surface area contributed by atoms with Crippen LogP contribution in [0.5, 0.6) is 0 Å². The molecule has 0 atom stereocenters. The molecule has 2 N–H and O–H groups in total. The third kappa shape index (κ3) is 4.44. The quantitative estimate of drug-likeness (QED) is 0.413. The van der Waals surface area contributed by atoms with Crippen molar-refractivity contribution < 1.29 is 14.4 Å². The van der Waals surface area contributed by atoms with Crippen LogP contribution in [0.25, 0.3) is 0 Å². The zero-order valence-electron chi connectivity index (χ0n) is 24.5. The van der Waals surface area contributed by atoms with Crippen LogP contribution in [0.4, 0.5) is 5.69 Å². The van der Waals surface area contributed by atoms with Crippen LogP contribution in [-0.2, 0) is 30.0 Å². The van der Waals surface area contributed by atoms with Crippen LogP contribution < -0.4 is 10.6 Å². The van der Waals surface area contributed by atoms with E-state index < -0.39 is 0 Å². The highest BCUT2D eigenvalue weighted by molar-refractivity contribution is 5.97. The fourth-order valence-electron chi connectivity index (χ4n) is 7.45. The Hall–Kier alpha value is -3.91. The molecule has 8 nitrogen and oxygen atoms in total. The van der Waals surface area contributed by atoms with Gasteiger partial charge in [-0.25, -0.2) is 0 Å². The number of nitrogens with zero attached hydrogens (tertiary/aromatic N) is 3. The van der Waals surface area contributed by atoms with Crippen LogP contribution in [-0.4, -0.2) is 52.7 Å². The van der Waals surface area contributed by atoms with Gasteiger partial charge in [0.25, 0.3) is 11.8 Å². The van der Waals surface area contributed by atoms with Crippen molar-refractivity contribution in [1.82, 2.24) is 19.7 Å². The largest absolute Gasteiger partial charge is 0.347 e. The van der Waals surface area contributed by atoms with Gasteiger partial charge in [0.1, 0.15) is 5.69 Å². The Balaban J connectivity index is 0.985. The first-order valence-corrected chi connectivity index (χ1v) is 15.2. The van der Waals surface area contributed by atoms with Gasteiger partial charge in [0, 0.05) is 57.2 Å². The third-order valence-electron chi connectivity index (χ3n) is 10.2. The number of amides is 3. The number of fused-ring (bicyclic) bond motifs is 2. The molecule has 1 spiro atoms. The maximum atomic E-state index is 13.3. The summed E-state index contributed by atoms with van der Waals surface area (Å²) in [7, 11) is 3.54. The SMILES string of the molecule is CN(C)C(=O)c1ccc(CN2CCn3c(C(=O)NCc4ccc(NC(=O)C56CC(C5)C6)cc4)ccc3C23CCC3)cc1. The molecule has 8 rings (SSSR count). The number of carbonyl (C=O) groups is 3. The van der Waals surface area contributed by atoms with Crippen LogP contribution in [0, 0.1) is 11.3 Å². The number of hydrogen-bond donors (Lipinski definition) is 2. The van der Waals surface area contributed by atoms with Crippen molar-refractivity contribution in [3.05, 3.63) is 88.7 Å². The molecule has 218 valence electrons. The Bertz CT molecular complexity index is 1520. The summed E-state index contributed by atoms with van der Waals surface area (Å²) in [4.78, 5) is 42.3. The number of carbonyl (C=O) groups excluding carboxylic acids is 3. The minimum Gasteiger partial charge on any atom is -0.347 e. The Kier molecular flexibility index (Phi) is 6.50. The summed E-state index contributed by atoms with van der Waals surface area (Å²) in [5.74, 6) is 0.878. The van der Waals surface area contributed by atoms with Gasteiger partial charge in [-0.15, -0.1) is 0 Å². The highest BCUT2D eigenvalue weighted by atomic mass is 16.2. The highest BCUT2D eigenvalue weighted by Gasteiger charge is 2.61. The van der Waals surface area contributed by atoms with E-state index in [1.54, 1.807) is 19.0 Å². The molecule has 5 aliphatic rings. The molecule has 3 amide bonds. The highest BCUT2D eigenvalue weighted by Crippen LogP contribution is 2.64. The number of rotatable bonds is 8. The van der Waals surface area contributed by atoms with Crippen molar-refractivity contribution >= 4 is 23.4 Å². The van der Waals surface area contributed by atoms with Gasteiger partial charge in [-0.2, -0.15) is 0 Å². The Morgan fingerprint density at radius 1 is 0.881 bits per heavy atom. The van der Waals surface area contributed by atoms with Gasteiger partial charge in [-0.05, 0) is 92.0 Å². The second kappa shape index (κ2) is 10.1. The number of benzene rings is 2. The molecule has 42 heavy (non-hydrogen) atoms. The van der Waals surface area contributed by atoms with Gasteiger partial charge in [0.05, 0.1) is 11.0 Å². The molecule has 3 aromatic rings. The fraction of sp³-hybridized carbons (Fsp3) is 0.441. The standard InChI is InChI=1S/C34H39N5O3/c1-37(2)31(41)26-8-4-24(5-9-26)22-38-16-17-39-28(12-13-29(39)34(38)14-3-15-34)30(40)35-21-23-6-10-27(11-7-23)36-32(42)33-18-25(19-33)20-33/h4-13,25H,3,14-22H2,1-2H3,(H,35,40)(H,36,42). The molecule has 2 heterocycles. The van der Waals surface area contributed by atoms with Gasteiger partial charge in [-0.1, -0.05) is 24.3 Å². The lowest BCUT2D eigenvalue weighted by molar-refractivity contribution is -0.158. The predicted octanol–water partition coefficient (Wildman–Crippen LogP) is 4.75. The number of nitrogens with one attached hydrogen (secondary N) is 2. The van der Waals surface area contributed by atoms with Gasteiger partial charge in [-0.3, -0.25) is 19.3 Å². The lowest BCUT2D eigenvalue weighted by Gasteiger charge is -2.60. The van der Waals surface area contributed by atoms with Crippen molar-refractivity contribution in [2.75, 3.05) is 26.0 Å². The normalized spacial score (nSPS) is 23.1. The molecule has 1 aliphatic heterocycles. The number of hydrogen-bond acceptors (Lipinski definition) is 4. The first-order valence-electron chi connectivity index (χ1n) is 15.2. The van der Waals surface area contributed by atoms with E-state index in [-0.39, 0.29) is 28.7 Å². The van der Waals surface area contributed by atoms with Crippen LogP contribution in [0.2, 0.25) is 0 Å². The lowest BCUT2D eigenvalue weighted by atomic mass is 9.44. The summed E-state index contributed by atoms with van der Waals surface area (Å²) in [5.41, 5.74) is 5.51. The summed E-state index contributed by atoms with van der Waals surface area (Å²) in [5, 5.41) is 6.18. The van der Waals surface area contributed by atoms with Gasteiger partial charge >= 0.3 is 0 Å². The Morgan fingerprint density at radius 2 is 1.57 bits per heavy atom. The van der Waals surface area contributed by atoms with E-state index in [1.165, 1.54) is 17.7 Å². The molecular weight excluding hydrogens is 526 g/mol. The van der Waals surface area contributed by atoms with E-state index >= 15 is 0 Å². The van der Waals surface area contributed by atoms with E-state index in [9.17, 15) is 14.4 Å². The van der Waals surface area contributed by atoms with Crippen molar-refractivity contribution in [2.24, 2.45) is 11.3 Å². The third-order valence-corrected chi connectivity index (χ3v) is 10.2. The van der Waals surface area contributed by atoms with Gasteiger partial charge in [0.2, 0.25) is 5.91 Å². The second-order valence-electron chi connectivity index (χ2n) is 13.1. The average Bonchev–Trinajstić information content (AvgIpc) is 3.34. The smallest absolute Gasteiger partial charge is 0.268 e. The number of aromatic nitrogens is 1. The molecular formula is C34H39N5O3. The van der Waals surface area contributed by atoms with Gasteiger partial charge < -0.3 is 20.1 Å².